The van der Waals surface area contributed by atoms with E-state index in [2.05, 4.69) is 14.9 Å². The number of sulfonamides is 1. The van der Waals surface area contributed by atoms with Gasteiger partial charge in [0.15, 0.2) is 0 Å². The zero-order chi connectivity index (χ0) is 26.4. The molecule has 1 aliphatic rings. The molecule has 1 heterocycles. The minimum absolute atomic E-state index is 0.0321. The second kappa shape index (κ2) is 11.8. The molecule has 0 spiro atoms. The Morgan fingerprint density at radius 1 is 1.03 bits per heavy atom. The van der Waals surface area contributed by atoms with Gasteiger partial charge in [-0.25, -0.2) is 8.42 Å². The number of ether oxygens (including phenoxy) is 2. The highest BCUT2D eigenvalue weighted by atomic mass is 32.2. The first-order valence-corrected chi connectivity index (χ1v) is 13.7. The molecule has 1 saturated heterocycles. The van der Waals surface area contributed by atoms with Crippen LogP contribution in [0.1, 0.15) is 33.1 Å². The Morgan fingerprint density at radius 3 is 2.43 bits per heavy atom. The van der Waals surface area contributed by atoms with Gasteiger partial charge in [0.25, 0.3) is 15.9 Å². The number of methoxy groups -OCH3 is 1. The van der Waals surface area contributed by atoms with Crippen molar-refractivity contribution in [1.29, 1.82) is 0 Å². The van der Waals surface area contributed by atoms with Crippen LogP contribution in [0.4, 0.5) is 5.69 Å². The van der Waals surface area contributed by atoms with Crippen LogP contribution in [0, 0.1) is 13.8 Å². The SMILES string of the molecule is COc1ccc([C@@H](CNC(=O)c2cc(S(=O)(=O)Nc3cccc(C)c3)ccc2C)N2CCOCC2)cc1. The molecular formula is C28H33N3O5S. The zero-order valence-electron chi connectivity index (χ0n) is 21.4. The molecule has 37 heavy (non-hydrogen) atoms. The van der Waals surface area contributed by atoms with Crippen molar-refractivity contribution in [2.75, 3.05) is 44.7 Å². The number of hydrogen-bond acceptors (Lipinski definition) is 6. The van der Waals surface area contributed by atoms with Gasteiger partial charge >= 0.3 is 0 Å². The largest absolute Gasteiger partial charge is 0.497 e. The number of amides is 1. The summed E-state index contributed by atoms with van der Waals surface area (Å²) >= 11 is 0. The quantitative estimate of drug-likeness (QED) is 0.441. The van der Waals surface area contributed by atoms with Gasteiger partial charge in [-0.3, -0.25) is 14.4 Å². The van der Waals surface area contributed by atoms with Crippen LogP contribution in [-0.4, -0.2) is 59.2 Å². The smallest absolute Gasteiger partial charge is 0.261 e. The van der Waals surface area contributed by atoms with Gasteiger partial charge in [0.1, 0.15) is 5.75 Å². The first kappa shape index (κ1) is 26.7. The monoisotopic (exact) mass is 523 g/mol. The summed E-state index contributed by atoms with van der Waals surface area (Å²) < 4.78 is 39.5. The lowest BCUT2D eigenvalue weighted by atomic mass is 10.0. The third kappa shape index (κ3) is 6.68. The molecule has 3 aromatic rings. The van der Waals surface area contributed by atoms with Gasteiger partial charge in [0, 0.05) is 30.9 Å². The van der Waals surface area contributed by atoms with E-state index in [1.807, 2.05) is 37.3 Å². The van der Waals surface area contributed by atoms with Crippen LogP contribution in [0.3, 0.4) is 0 Å². The van der Waals surface area contributed by atoms with Gasteiger partial charge in [-0.05, 0) is 66.9 Å². The van der Waals surface area contributed by atoms with Crippen molar-refractivity contribution < 1.29 is 22.7 Å². The van der Waals surface area contributed by atoms with E-state index in [0.29, 0.717) is 36.6 Å². The lowest BCUT2D eigenvalue weighted by Gasteiger charge is -2.35. The molecule has 1 atom stereocenters. The maximum atomic E-state index is 13.3. The minimum atomic E-state index is -3.86. The van der Waals surface area contributed by atoms with Gasteiger partial charge in [-0.1, -0.05) is 30.3 Å². The van der Waals surface area contributed by atoms with E-state index < -0.39 is 10.0 Å². The molecule has 0 saturated carbocycles. The lowest BCUT2D eigenvalue weighted by Crippen LogP contribution is -2.43. The molecule has 4 rings (SSSR count). The van der Waals surface area contributed by atoms with E-state index in [4.69, 9.17) is 9.47 Å². The highest BCUT2D eigenvalue weighted by molar-refractivity contribution is 7.92. The predicted molar refractivity (Wildman–Crippen MR) is 144 cm³/mol. The molecule has 9 heteroatoms. The van der Waals surface area contributed by atoms with Crippen LogP contribution >= 0.6 is 0 Å². The third-order valence-electron chi connectivity index (χ3n) is 6.48. The van der Waals surface area contributed by atoms with Crippen molar-refractivity contribution in [2.45, 2.75) is 24.8 Å². The van der Waals surface area contributed by atoms with Gasteiger partial charge in [-0.2, -0.15) is 0 Å². The highest BCUT2D eigenvalue weighted by Crippen LogP contribution is 2.25. The standard InChI is InChI=1S/C28H33N3O5S/c1-20-5-4-6-23(17-20)30-37(33,34)25-12-7-21(2)26(18-25)28(32)29-19-27(31-13-15-36-16-14-31)22-8-10-24(35-3)11-9-22/h4-12,17-18,27,30H,13-16,19H2,1-3H3,(H,29,32)/t27-/m1/s1. The van der Waals surface area contributed by atoms with E-state index in [0.717, 1.165) is 30.0 Å². The van der Waals surface area contributed by atoms with Gasteiger partial charge in [0.05, 0.1) is 31.3 Å². The van der Waals surface area contributed by atoms with E-state index >= 15 is 0 Å². The molecule has 0 bridgehead atoms. The first-order valence-electron chi connectivity index (χ1n) is 12.2. The normalized spacial score (nSPS) is 15.1. The topological polar surface area (TPSA) is 97.0 Å². The predicted octanol–water partition coefficient (Wildman–Crippen LogP) is 3.92. The molecule has 1 aliphatic heterocycles. The van der Waals surface area contributed by atoms with Crippen molar-refractivity contribution in [3.05, 3.63) is 89.0 Å². The van der Waals surface area contributed by atoms with Crippen molar-refractivity contribution in [3.8, 4) is 5.75 Å². The number of carbonyl (C=O) groups excluding carboxylic acids is 1. The summed E-state index contributed by atoms with van der Waals surface area (Å²) in [6.07, 6.45) is 0. The Balaban J connectivity index is 1.52. The van der Waals surface area contributed by atoms with E-state index in [1.165, 1.54) is 12.1 Å². The molecule has 8 nitrogen and oxygen atoms in total. The molecule has 0 aromatic heterocycles. The number of nitrogens with zero attached hydrogens (tertiary/aromatic N) is 1. The summed E-state index contributed by atoms with van der Waals surface area (Å²) in [6, 6.07) is 19.5. The molecule has 0 aliphatic carbocycles. The van der Waals surface area contributed by atoms with Gasteiger partial charge in [-0.15, -0.1) is 0 Å². The number of hydrogen-bond donors (Lipinski definition) is 2. The number of morpholine rings is 1. The number of benzene rings is 3. The molecule has 3 aromatic carbocycles. The average Bonchev–Trinajstić information content (AvgIpc) is 2.89. The van der Waals surface area contributed by atoms with Crippen LogP contribution in [0.25, 0.3) is 0 Å². The Kier molecular flexibility index (Phi) is 8.48. The summed E-state index contributed by atoms with van der Waals surface area (Å²) in [6.45, 7) is 6.82. The van der Waals surface area contributed by atoms with E-state index in [1.54, 1.807) is 38.3 Å². The fourth-order valence-electron chi connectivity index (χ4n) is 4.39. The maximum Gasteiger partial charge on any atom is 0.261 e. The first-order chi connectivity index (χ1) is 17.8. The fraction of sp³-hybridized carbons (Fsp3) is 0.321. The molecule has 1 fully saturated rings. The molecule has 0 unspecified atom stereocenters. The van der Waals surface area contributed by atoms with Crippen LogP contribution in [0.2, 0.25) is 0 Å². The second-order valence-electron chi connectivity index (χ2n) is 9.10. The summed E-state index contributed by atoms with van der Waals surface area (Å²) in [4.78, 5) is 15.6. The van der Waals surface area contributed by atoms with E-state index in [9.17, 15) is 13.2 Å². The fourth-order valence-corrected chi connectivity index (χ4v) is 5.47. The Labute approximate surface area is 218 Å². The van der Waals surface area contributed by atoms with E-state index in [-0.39, 0.29) is 16.8 Å². The number of carbonyl (C=O) groups is 1. The summed E-state index contributed by atoms with van der Waals surface area (Å²) in [5.41, 5.74) is 3.48. The average molecular weight is 524 g/mol. The van der Waals surface area contributed by atoms with Crippen molar-refractivity contribution in [3.63, 3.8) is 0 Å². The Morgan fingerprint density at radius 2 is 1.76 bits per heavy atom. The lowest BCUT2D eigenvalue weighted by molar-refractivity contribution is 0.0162. The summed E-state index contributed by atoms with van der Waals surface area (Å²) in [5, 5.41) is 3.03. The zero-order valence-corrected chi connectivity index (χ0v) is 22.2. The molecule has 2 N–H and O–H groups in total. The summed E-state index contributed by atoms with van der Waals surface area (Å²) in [7, 11) is -2.24. The maximum absolute atomic E-state index is 13.3. The number of anilines is 1. The second-order valence-corrected chi connectivity index (χ2v) is 10.8. The third-order valence-corrected chi connectivity index (χ3v) is 7.86. The molecular weight excluding hydrogens is 490 g/mol. The molecule has 1 amide bonds. The van der Waals surface area contributed by atoms with Crippen molar-refractivity contribution in [1.82, 2.24) is 10.2 Å². The van der Waals surface area contributed by atoms with Crippen LogP contribution < -0.4 is 14.8 Å². The molecule has 196 valence electrons. The number of rotatable bonds is 9. The molecule has 0 radical (unpaired) electrons. The Hall–Kier alpha value is -3.40. The summed E-state index contributed by atoms with van der Waals surface area (Å²) in [5.74, 6) is 0.443. The van der Waals surface area contributed by atoms with Gasteiger partial charge in [0.2, 0.25) is 0 Å². The van der Waals surface area contributed by atoms with Gasteiger partial charge < -0.3 is 14.8 Å². The Bertz CT molecular complexity index is 1340. The van der Waals surface area contributed by atoms with Crippen LogP contribution in [0.5, 0.6) is 5.75 Å². The van der Waals surface area contributed by atoms with Crippen LogP contribution in [0.15, 0.2) is 71.6 Å². The number of nitrogens with one attached hydrogen (secondary N) is 2. The minimum Gasteiger partial charge on any atom is -0.497 e. The number of aryl methyl sites for hydroxylation is 2. The van der Waals surface area contributed by atoms with Crippen molar-refractivity contribution in [2.24, 2.45) is 0 Å². The van der Waals surface area contributed by atoms with Crippen molar-refractivity contribution >= 4 is 21.6 Å². The highest BCUT2D eigenvalue weighted by Gasteiger charge is 2.24. The van der Waals surface area contributed by atoms with Crippen LogP contribution in [-0.2, 0) is 14.8 Å².